The number of carbonyl (C=O) groups is 3. The molecule has 3 amide bonds. The third-order valence-electron chi connectivity index (χ3n) is 7.92. The van der Waals surface area contributed by atoms with Crippen molar-refractivity contribution in [3.63, 3.8) is 0 Å². The Morgan fingerprint density at radius 2 is 1.79 bits per heavy atom. The highest BCUT2D eigenvalue weighted by molar-refractivity contribution is 6.74. The van der Waals surface area contributed by atoms with Gasteiger partial charge < -0.3 is 13.6 Å². The molecule has 0 unspecified atom stereocenters. The predicted molar refractivity (Wildman–Crippen MR) is 150 cm³/mol. The van der Waals surface area contributed by atoms with Crippen LogP contribution in [-0.2, 0) is 32.0 Å². The van der Waals surface area contributed by atoms with Gasteiger partial charge in [-0.1, -0.05) is 51.1 Å². The van der Waals surface area contributed by atoms with Crippen LogP contribution >= 0.6 is 0 Å². The molecule has 3 heterocycles. The van der Waals surface area contributed by atoms with Crippen LogP contribution in [0.4, 0.5) is 10.5 Å². The minimum atomic E-state index is -1.98. The molecule has 0 bridgehead atoms. The summed E-state index contributed by atoms with van der Waals surface area (Å²) in [6.45, 7) is 10.9. The van der Waals surface area contributed by atoms with E-state index in [1.165, 1.54) is 4.90 Å². The number of ether oxygens (including phenoxy) is 1. The highest BCUT2D eigenvalue weighted by Gasteiger charge is 2.40. The molecule has 1 aromatic carbocycles. The number of benzene rings is 1. The van der Waals surface area contributed by atoms with Crippen molar-refractivity contribution in [1.82, 2.24) is 14.3 Å². The summed E-state index contributed by atoms with van der Waals surface area (Å²) < 4.78 is 13.6. The monoisotopic (exact) mass is 548 g/mol. The predicted octanol–water partition coefficient (Wildman–Crippen LogP) is 5.25. The van der Waals surface area contributed by atoms with Gasteiger partial charge in [-0.2, -0.15) is 0 Å². The summed E-state index contributed by atoms with van der Waals surface area (Å²) in [6.07, 6.45) is 6.18. The number of esters is 1. The Morgan fingerprint density at radius 3 is 2.46 bits per heavy atom. The number of fused-ring (bicyclic) bond motifs is 1. The highest BCUT2D eigenvalue weighted by Crippen LogP contribution is 2.42. The number of carbonyl (C=O) groups excluding carboxylic acids is 3. The van der Waals surface area contributed by atoms with Crippen molar-refractivity contribution in [2.24, 2.45) is 0 Å². The van der Waals surface area contributed by atoms with Gasteiger partial charge in [0, 0.05) is 12.4 Å². The molecular formula is C29H36N4O5Si. The van der Waals surface area contributed by atoms with E-state index in [-0.39, 0.29) is 18.2 Å². The molecule has 0 atom stereocenters. The minimum Gasteiger partial charge on any atom is -0.459 e. The number of urea groups is 1. The summed E-state index contributed by atoms with van der Waals surface area (Å²) in [4.78, 5) is 46.0. The molecule has 2 fully saturated rings. The van der Waals surface area contributed by atoms with E-state index < -0.39 is 32.8 Å². The third kappa shape index (κ3) is 5.76. The number of anilines is 1. The molecule has 1 aliphatic carbocycles. The summed E-state index contributed by atoms with van der Waals surface area (Å²) >= 11 is 0. The third-order valence-corrected chi connectivity index (χ3v) is 12.4. The van der Waals surface area contributed by atoms with Crippen LogP contribution in [0.5, 0.6) is 0 Å². The summed E-state index contributed by atoms with van der Waals surface area (Å²) in [5.74, 6) is -0.648. The van der Waals surface area contributed by atoms with Gasteiger partial charge in [-0.3, -0.25) is 19.4 Å². The first kappa shape index (κ1) is 27.1. The molecule has 5 rings (SSSR count). The number of rotatable bonds is 9. The topological polar surface area (TPSA) is 93.5 Å². The van der Waals surface area contributed by atoms with Crippen LogP contribution < -0.4 is 4.90 Å². The van der Waals surface area contributed by atoms with E-state index in [2.05, 4.69) is 40.1 Å². The minimum absolute atomic E-state index is 0.0739. The number of hydrogen-bond acceptors (Lipinski definition) is 6. The summed E-state index contributed by atoms with van der Waals surface area (Å²) in [5, 5.41) is 0.0739. The van der Waals surface area contributed by atoms with Gasteiger partial charge in [0.2, 0.25) is 0 Å². The van der Waals surface area contributed by atoms with E-state index in [4.69, 9.17) is 14.1 Å². The van der Waals surface area contributed by atoms with Gasteiger partial charge in [-0.15, -0.1) is 0 Å². The quantitative estimate of drug-likeness (QED) is 0.206. The smallest absolute Gasteiger partial charge is 0.332 e. The lowest BCUT2D eigenvalue weighted by molar-refractivity contribution is -0.147. The van der Waals surface area contributed by atoms with E-state index in [0.717, 1.165) is 34.6 Å². The molecule has 1 saturated heterocycles. The lowest BCUT2D eigenvalue weighted by atomic mass is 10.1. The zero-order chi connectivity index (χ0) is 27.9. The van der Waals surface area contributed by atoms with Gasteiger partial charge in [0.25, 0.3) is 5.91 Å². The van der Waals surface area contributed by atoms with Crippen LogP contribution in [0.15, 0.2) is 48.8 Å². The summed E-state index contributed by atoms with van der Waals surface area (Å²) in [5.41, 5.74) is 3.86. The highest BCUT2D eigenvalue weighted by atomic mass is 28.4. The molecule has 9 nitrogen and oxygen atoms in total. The number of nitrogens with zero attached hydrogens (tertiary/aromatic N) is 4. The fourth-order valence-electron chi connectivity index (χ4n) is 4.33. The molecule has 0 radical (unpaired) electrons. The van der Waals surface area contributed by atoms with Crippen molar-refractivity contribution in [2.45, 2.75) is 70.9 Å². The maximum atomic E-state index is 13.4. The maximum Gasteiger partial charge on any atom is 0.332 e. The second-order valence-corrected chi connectivity index (χ2v) is 16.7. The van der Waals surface area contributed by atoms with Crippen LogP contribution in [-0.4, -0.2) is 53.6 Å². The second kappa shape index (κ2) is 10.2. The van der Waals surface area contributed by atoms with Crippen LogP contribution in [0, 0.1) is 0 Å². The molecule has 3 aromatic rings. The number of hydrogen-bond donors (Lipinski definition) is 0. The molecule has 0 spiro atoms. The molecule has 1 saturated carbocycles. The molecule has 10 heteroatoms. The fourth-order valence-corrected chi connectivity index (χ4v) is 5.27. The van der Waals surface area contributed by atoms with Crippen molar-refractivity contribution in [3.8, 4) is 0 Å². The Labute approximate surface area is 229 Å². The zero-order valence-electron chi connectivity index (χ0n) is 23.3. The summed E-state index contributed by atoms with van der Waals surface area (Å²) in [7, 11) is -1.98. The average Bonchev–Trinajstić information content (AvgIpc) is 3.60. The molecule has 2 aliphatic rings. The number of amides is 3. The van der Waals surface area contributed by atoms with Gasteiger partial charge in [0.05, 0.1) is 18.0 Å². The van der Waals surface area contributed by atoms with E-state index in [1.54, 1.807) is 0 Å². The van der Waals surface area contributed by atoms with Crippen LogP contribution in [0.1, 0.15) is 56.4 Å². The first-order valence-corrected chi connectivity index (χ1v) is 16.3. The maximum absolute atomic E-state index is 13.4. The Kier molecular flexibility index (Phi) is 7.11. The molecule has 39 heavy (non-hydrogen) atoms. The molecular weight excluding hydrogens is 512 g/mol. The van der Waals surface area contributed by atoms with Gasteiger partial charge >= 0.3 is 12.0 Å². The largest absolute Gasteiger partial charge is 0.459 e. The van der Waals surface area contributed by atoms with Crippen molar-refractivity contribution in [3.05, 3.63) is 65.6 Å². The van der Waals surface area contributed by atoms with Gasteiger partial charge in [-0.25, -0.2) is 9.78 Å². The molecule has 1 aliphatic heterocycles. The second-order valence-electron chi connectivity index (χ2n) is 11.9. The number of pyridine rings is 1. The van der Waals surface area contributed by atoms with Gasteiger partial charge in [0.15, 0.2) is 14.0 Å². The van der Waals surface area contributed by atoms with Crippen LogP contribution in [0.25, 0.3) is 5.65 Å². The van der Waals surface area contributed by atoms with E-state index in [1.807, 2.05) is 47.0 Å². The number of aromatic nitrogens is 2. The van der Waals surface area contributed by atoms with Crippen LogP contribution in [0.2, 0.25) is 18.1 Å². The zero-order valence-corrected chi connectivity index (χ0v) is 24.3. The van der Waals surface area contributed by atoms with Gasteiger partial charge in [-0.05, 0) is 54.1 Å². The molecule has 2 aromatic heterocycles. The van der Waals surface area contributed by atoms with Gasteiger partial charge in [0.1, 0.15) is 19.7 Å². The van der Waals surface area contributed by atoms with Crippen molar-refractivity contribution < 1.29 is 23.5 Å². The van der Waals surface area contributed by atoms with E-state index in [9.17, 15) is 14.4 Å². The molecule has 0 N–H and O–H groups in total. The number of imide groups is 1. The lowest BCUT2D eigenvalue weighted by Crippen LogP contribution is -2.40. The van der Waals surface area contributed by atoms with Crippen molar-refractivity contribution in [2.75, 3.05) is 18.0 Å². The first-order chi connectivity index (χ1) is 18.4. The number of imidazole rings is 1. The lowest BCUT2D eigenvalue weighted by Gasteiger charge is -2.35. The van der Waals surface area contributed by atoms with E-state index >= 15 is 0 Å². The van der Waals surface area contributed by atoms with Crippen LogP contribution in [0.3, 0.4) is 0 Å². The summed E-state index contributed by atoms with van der Waals surface area (Å²) in [6, 6.07) is 10.7. The average molecular weight is 549 g/mol. The fraction of sp³-hybridized carbons (Fsp3) is 0.448. The Bertz CT molecular complexity index is 1410. The molecule has 206 valence electrons. The normalized spacial score (nSPS) is 16.4. The first-order valence-electron chi connectivity index (χ1n) is 13.4. The SMILES string of the molecule is CC(C)(C)[Si](C)(C)OCc1cn2cc(C3CC3)cc(N3CC(=O)N(CC(=O)OCc4ccccc4)C3=O)c2n1. The van der Waals surface area contributed by atoms with Crippen molar-refractivity contribution in [1.29, 1.82) is 0 Å². The van der Waals surface area contributed by atoms with E-state index in [0.29, 0.717) is 23.9 Å². The Balaban J connectivity index is 1.35. The van der Waals surface area contributed by atoms with Crippen molar-refractivity contribution >= 4 is 37.6 Å². The Hall–Kier alpha value is -3.50. The standard InChI is InChI=1S/C29H36N4O5Si/c1-29(2,3)39(4,5)38-19-23-15-31-14-22(21-11-12-21)13-24(27(31)30-23)32-16-25(34)33(28(32)36)17-26(35)37-18-20-9-7-6-8-10-20/h6-10,13-15,21H,11-12,16-19H2,1-5H3. The Morgan fingerprint density at radius 1 is 1.08 bits per heavy atom.